The molecule has 3 rings (SSSR count). The van der Waals surface area contributed by atoms with Gasteiger partial charge in [-0.2, -0.15) is 8.78 Å². The number of carbonyl (C=O) groups excluding carboxylic acids is 3. The van der Waals surface area contributed by atoms with Crippen molar-refractivity contribution in [3.05, 3.63) is 28.7 Å². The number of nitrogens with two attached hydrogens (primary N) is 1. The van der Waals surface area contributed by atoms with E-state index in [1.807, 2.05) is 0 Å². The standard InChI is InChI=1S/C18H17F4N3O6S2/c19-16(20)31-11-7-10(1-2-12(11)33(23,29)30)24-13(26)8-25-15(27)14(32-17(25)28)9-3-5-18(21,22)6-4-9/h1-2,7,16H,3-6,8H2,(H,24,26)(H2,23,29,30). The second-order valence-electron chi connectivity index (χ2n) is 7.18. The lowest BCUT2D eigenvalue weighted by molar-refractivity contribution is -0.127. The van der Waals surface area contributed by atoms with Crippen molar-refractivity contribution in [3.8, 4) is 5.75 Å². The number of imide groups is 1. The number of hydrogen-bond donors (Lipinski definition) is 2. The van der Waals surface area contributed by atoms with Crippen molar-refractivity contribution in [1.29, 1.82) is 0 Å². The maximum absolute atomic E-state index is 13.3. The van der Waals surface area contributed by atoms with Crippen LogP contribution in [0.1, 0.15) is 25.7 Å². The van der Waals surface area contributed by atoms with E-state index in [-0.39, 0.29) is 23.4 Å². The molecule has 15 heteroatoms. The molecule has 1 aliphatic carbocycles. The maximum Gasteiger partial charge on any atom is 0.387 e. The highest BCUT2D eigenvalue weighted by Gasteiger charge is 2.41. The number of allylic oxidation sites excluding steroid dienone is 1. The van der Waals surface area contributed by atoms with Crippen LogP contribution in [0.3, 0.4) is 0 Å². The molecule has 2 aliphatic rings. The Morgan fingerprint density at radius 2 is 1.88 bits per heavy atom. The third kappa shape index (κ3) is 6.03. The van der Waals surface area contributed by atoms with E-state index in [4.69, 9.17) is 5.14 Å². The van der Waals surface area contributed by atoms with Crippen LogP contribution in [-0.2, 0) is 19.6 Å². The van der Waals surface area contributed by atoms with Crippen molar-refractivity contribution in [2.24, 2.45) is 5.14 Å². The van der Waals surface area contributed by atoms with Crippen LogP contribution in [0.5, 0.6) is 5.75 Å². The van der Waals surface area contributed by atoms with Crippen LogP contribution in [-0.4, -0.2) is 49.5 Å². The first-order chi connectivity index (χ1) is 15.3. The summed E-state index contributed by atoms with van der Waals surface area (Å²) in [6.45, 7) is -4.11. The largest absolute Gasteiger partial charge is 0.433 e. The number of anilines is 1. The van der Waals surface area contributed by atoms with Crippen LogP contribution >= 0.6 is 11.8 Å². The van der Waals surface area contributed by atoms with Crippen LogP contribution in [0.25, 0.3) is 0 Å². The van der Waals surface area contributed by atoms with E-state index >= 15 is 0 Å². The fourth-order valence-electron chi connectivity index (χ4n) is 3.25. The van der Waals surface area contributed by atoms with Gasteiger partial charge in [0.1, 0.15) is 17.2 Å². The molecule has 0 aromatic heterocycles. The van der Waals surface area contributed by atoms with Crippen molar-refractivity contribution in [3.63, 3.8) is 0 Å². The third-order valence-electron chi connectivity index (χ3n) is 4.81. The van der Waals surface area contributed by atoms with E-state index in [1.54, 1.807) is 0 Å². The lowest BCUT2D eigenvalue weighted by atomic mass is 9.91. The summed E-state index contributed by atoms with van der Waals surface area (Å²) < 4.78 is 79.0. The molecular weight excluding hydrogens is 494 g/mol. The molecule has 0 atom stereocenters. The number of amides is 3. The molecule has 33 heavy (non-hydrogen) atoms. The molecule has 3 amide bonds. The monoisotopic (exact) mass is 511 g/mol. The van der Waals surface area contributed by atoms with Crippen molar-refractivity contribution in [1.82, 2.24) is 4.90 Å². The van der Waals surface area contributed by atoms with Crippen LogP contribution in [0, 0.1) is 0 Å². The van der Waals surface area contributed by atoms with E-state index in [0.29, 0.717) is 22.2 Å². The van der Waals surface area contributed by atoms with E-state index in [9.17, 15) is 40.4 Å². The number of hydrogen-bond acceptors (Lipinski definition) is 7. The molecule has 1 saturated heterocycles. The minimum absolute atomic E-state index is 0.0217. The molecule has 1 aromatic rings. The zero-order valence-corrected chi connectivity index (χ0v) is 18.3. The smallest absolute Gasteiger partial charge is 0.387 e. The SMILES string of the molecule is NS(=O)(=O)c1ccc(NC(=O)CN2C(=O)SC(=C3CCC(F)(F)CC3)C2=O)cc1OC(F)F. The van der Waals surface area contributed by atoms with Gasteiger partial charge in [0.2, 0.25) is 21.9 Å². The molecule has 1 aliphatic heterocycles. The van der Waals surface area contributed by atoms with Gasteiger partial charge in [-0.25, -0.2) is 22.3 Å². The summed E-state index contributed by atoms with van der Waals surface area (Å²) in [5.41, 5.74) is 0.266. The highest BCUT2D eigenvalue weighted by Crippen LogP contribution is 2.42. The zero-order chi connectivity index (χ0) is 24.6. The summed E-state index contributed by atoms with van der Waals surface area (Å²) in [7, 11) is -4.41. The average molecular weight is 511 g/mol. The van der Waals surface area contributed by atoms with Gasteiger partial charge in [-0.15, -0.1) is 0 Å². The van der Waals surface area contributed by atoms with Crippen LogP contribution < -0.4 is 15.2 Å². The molecule has 1 aromatic carbocycles. The number of sulfonamides is 1. The summed E-state index contributed by atoms with van der Waals surface area (Å²) in [5, 5.41) is 6.42. The number of rotatable bonds is 6. The van der Waals surface area contributed by atoms with Gasteiger partial charge in [0.05, 0.1) is 4.91 Å². The van der Waals surface area contributed by atoms with Crippen LogP contribution in [0.15, 0.2) is 33.6 Å². The molecule has 3 N–H and O–H groups in total. The van der Waals surface area contributed by atoms with Crippen molar-refractivity contribution < 1.29 is 45.1 Å². The first-order valence-corrected chi connectivity index (χ1v) is 11.7. The van der Waals surface area contributed by atoms with Gasteiger partial charge in [0.25, 0.3) is 11.1 Å². The van der Waals surface area contributed by atoms with E-state index in [0.717, 1.165) is 18.2 Å². The molecule has 0 unspecified atom stereocenters. The number of nitrogens with zero attached hydrogens (tertiary/aromatic N) is 1. The lowest BCUT2D eigenvalue weighted by Crippen LogP contribution is -2.36. The number of nitrogens with one attached hydrogen (secondary N) is 1. The number of thioether (sulfide) groups is 1. The Bertz CT molecular complexity index is 1130. The predicted molar refractivity (Wildman–Crippen MR) is 108 cm³/mol. The van der Waals surface area contributed by atoms with E-state index in [2.05, 4.69) is 10.1 Å². The first-order valence-electron chi connectivity index (χ1n) is 9.32. The van der Waals surface area contributed by atoms with Crippen molar-refractivity contribution >= 4 is 44.5 Å². The molecule has 1 saturated carbocycles. The molecule has 9 nitrogen and oxygen atoms in total. The van der Waals surface area contributed by atoms with Gasteiger partial charge in [0.15, 0.2) is 0 Å². The summed E-state index contributed by atoms with van der Waals surface area (Å²) in [6.07, 6.45) is -0.965. The molecule has 180 valence electrons. The fraction of sp³-hybridized carbons (Fsp3) is 0.389. The Balaban J connectivity index is 1.72. The van der Waals surface area contributed by atoms with Gasteiger partial charge in [-0.1, -0.05) is 5.57 Å². The first kappa shape index (κ1) is 25.0. The second-order valence-corrected chi connectivity index (χ2v) is 9.67. The highest BCUT2D eigenvalue weighted by atomic mass is 32.2. The number of halogens is 4. The highest BCUT2D eigenvalue weighted by molar-refractivity contribution is 8.18. The van der Waals surface area contributed by atoms with Crippen LogP contribution in [0.4, 0.5) is 28.0 Å². The fourth-order valence-corrected chi connectivity index (χ4v) is 4.87. The van der Waals surface area contributed by atoms with Gasteiger partial charge in [0, 0.05) is 24.6 Å². The number of ether oxygens (including phenoxy) is 1. The summed E-state index contributed by atoms with van der Waals surface area (Å²) in [4.78, 5) is 37.0. The van der Waals surface area contributed by atoms with Gasteiger partial charge in [-0.3, -0.25) is 19.3 Å². The summed E-state index contributed by atoms with van der Waals surface area (Å²) >= 11 is 0.559. The Hall–Kier alpha value is -2.65. The molecule has 0 spiro atoms. The third-order valence-corrected chi connectivity index (χ3v) is 6.82. The Morgan fingerprint density at radius 3 is 2.45 bits per heavy atom. The quantitative estimate of drug-likeness (QED) is 0.443. The molecule has 0 bridgehead atoms. The lowest BCUT2D eigenvalue weighted by Gasteiger charge is -2.24. The number of primary sulfonamides is 1. The zero-order valence-electron chi connectivity index (χ0n) is 16.6. The van der Waals surface area contributed by atoms with Gasteiger partial charge >= 0.3 is 6.61 Å². The van der Waals surface area contributed by atoms with Crippen molar-refractivity contribution in [2.45, 2.75) is 43.1 Å². The predicted octanol–water partition coefficient (Wildman–Crippen LogP) is 3.03. The number of alkyl halides is 4. The normalized spacial score (nSPS) is 18.8. The van der Waals surface area contributed by atoms with Gasteiger partial charge < -0.3 is 10.1 Å². The summed E-state index contributed by atoms with van der Waals surface area (Å²) in [5.74, 6) is -5.32. The van der Waals surface area contributed by atoms with Crippen molar-refractivity contribution in [2.75, 3.05) is 11.9 Å². The van der Waals surface area contributed by atoms with E-state index < -0.39 is 69.6 Å². The molecule has 0 radical (unpaired) electrons. The Labute approximate surface area is 189 Å². The van der Waals surface area contributed by atoms with Crippen LogP contribution in [0.2, 0.25) is 0 Å². The number of carbonyl (C=O) groups is 3. The second kappa shape index (κ2) is 9.30. The minimum atomic E-state index is -4.41. The van der Waals surface area contributed by atoms with Gasteiger partial charge in [-0.05, 0) is 36.7 Å². The number of benzene rings is 1. The Kier molecular flexibility index (Phi) is 7.04. The molecular formula is C18H17F4N3O6S2. The minimum Gasteiger partial charge on any atom is -0.433 e. The van der Waals surface area contributed by atoms with E-state index in [1.165, 1.54) is 0 Å². The Morgan fingerprint density at radius 1 is 1.24 bits per heavy atom. The molecule has 2 fully saturated rings. The molecule has 1 heterocycles. The maximum atomic E-state index is 13.3. The summed E-state index contributed by atoms with van der Waals surface area (Å²) in [6, 6.07) is 2.68. The average Bonchev–Trinajstić information content (AvgIpc) is 2.95. The topological polar surface area (TPSA) is 136 Å².